The van der Waals surface area contributed by atoms with Crippen LogP contribution in [0.25, 0.3) is 0 Å². The molecule has 0 radical (unpaired) electrons. The summed E-state index contributed by atoms with van der Waals surface area (Å²) in [6.45, 7) is 12.9. The molecular weight excluding hydrogens is 246 g/mol. The maximum Gasteiger partial charge on any atom is 0.223 e. The van der Waals surface area contributed by atoms with Crippen molar-refractivity contribution in [1.82, 2.24) is 5.32 Å². The summed E-state index contributed by atoms with van der Waals surface area (Å²) in [6.07, 6.45) is 7.79. The lowest BCUT2D eigenvalue weighted by Crippen LogP contribution is -2.45. The second kappa shape index (κ2) is 7.47. The number of nitrogens with one attached hydrogen (secondary N) is 1. The Kier molecular flexibility index (Phi) is 6.54. The first-order valence-corrected chi connectivity index (χ1v) is 8.56. The molecule has 0 aliphatic heterocycles. The van der Waals surface area contributed by atoms with Crippen molar-refractivity contribution >= 4 is 5.91 Å². The number of carbonyl (C=O) groups excluding carboxylic acids is 1. The number of hydrogen-bond donors (Lipinski definition) is 1. The Bertz CT molecular complexity index is 303. The molecular formula is C18H35NO. The molecule has 0 heterocycles. The van der Waals surface area contributed by atoms with Crippen LogP contribution in [-0.4, -0.2) is 11.4 Å². The van der Waals surface area contributed by atoms with Crippen LogP contribution in [-0.2, 0) is 4.79 Å². The maximum atomic E-state index is 12.6. The minimum atomic E-state index is -0.124. The van der Waals surface area contributed by atoms with Gasteiger partial charge in [-0.2, -0.15) is 0 Å². The smallest absolute Gasteiger partial charge is 0.223 e. The van der Waals surface area contributed by atoms with Crippen molar-refractivity contribution in [2.45, 2.75) is 85.6 Å². The Balaban J connectivity index is 2.68. The highest BCUT2D eigenvalue weighted by Gasteiger charge is 2.32. The molecule has 2 heteroatoms. The molecule has 118 valence electrons. The molecule has 0 aromatic carbocycles. The van der Waals surface area contributed by atoms with Gasteiger partial charge in [0.1, 0.15) is 0 Å². The summed E-state index contributed by atoms with van der Waals surface area (Å²) in [5, 5.41) is 3.18. The second-order valence-electron chi connectivity index (χ2n) is 8.04. The Labute approximate surface area is 126 Å². The molecule has 0 bridgehead atoms. The molecule has 0 saturated heterocycles. The van der Waals surface area contributed by atoms with Crippen LogP contribution in [0.15, 0.2) is 0 Å². The zero-order valence-corrected chi connectivity index (χ0v) is 14.5. The molecule has 1 N–H and O–H groups in total. The molecule has 1 aliphatic rings. The van der Waals surface area contributed by atoms with E-state index in [9.17, 15) is 4.79 Å². The van der Waals surface area contributed by atoms with Crippen molar-refractivity contribution in [2.75, 3.05) is 0 Å². The molecule has 1 amide bonds. The summed E-state index contributed by atoms with van der Waals surface area (Å²) in [5.41, 5.74) is -0.124. The number of amides is 1. The van der Waals surface area contributed by atoms with Crippen LogP contribution < -0.4 is 5.32 Å². The van der Waals surface area contributed by atoms with E-state index in [2.05, 4.69) is 46.9 Å². The van der Waals surface area contributed by atoms with Gasteiger partial charge in [0.2, 0.25) is 5.91 Å². The van der Waals surface area contributed by atoms with Crippen LogP contribution in [0.2, 0.25) is 0 Å². The van der Waals surface area contributed by atoms with Crippen LogP contribution >= 0.6 is 0 Å². The van der Waals surface area contributed by atoms with Crippen LogP contribution in [0, 0.1) is 23.7 Å². The van der Waals surface area contributed by atoms with E-state index in [1.165, 1.54) is 32.1 Å². The molecule has 1 rings (SSSR count). The lowest BCUT2D eigenvalue weighted by atomic mass is 9.72. The lowest BCUT2D eigenvalue weighted by Gasteiger charge is -2.35. The van der Waals surface area contributed by atoms with Gasteiger partial charge >= 0.3 is 0 Å². The van der Waals surface area contributed by atoms with Crippen LogP contribution in [0.4, 0.5) is 0 Å². The van der Waals surface area contributed by atoms with E-state index in [4.69, 9.17) is 0 Å². The normalized spacial score (nSPS) is 25.6. The minimum absolute atomic E-state index is 0.124. The third-order valence-electron chi connectivity index (χ3n) is 4.79. The van der Waals surface area contributed by atoms with Crippen LogP contribution in [0.5, 0.6) is 0 Å². The van der Waals surface area contributed by atoms with E-state index < -0.39 is 0 Å². The quantitative estimate of drug-likeness (QED) is 0.772. The summed E-state index contributed by atoms with van der Waals surface area (Å²) < 4.78 is 0. The van der Waals surface area contributed by atoms with Crippen LogP contribution in [0.1, 0.15) is 80.1 Å². The fourth-order valence-electron chi connectivity index (χ4n) is 3.60. The molecule has 1 fully saturated rings. The van der Waals surface area contributed by atoms with Gasteiger partial charge in [0.05, 0.1) is 0 Å². The van der Waals surface area contributed by atoms with Crippen molar-refractivity contribution in [3.8, 4) is 0 Å². The van der Waals surface area contributed by atoms with Gasteiger partial charge in [0, 0.05) is 11.5 Å². The van der Waals surface area contributed by atoms with Gasteiger partial charge < -0.3 is 5.32 Å². The zero-order valence-electron chi connectivity index (χ0n) is 14.5. The average molecular weight is 281 g/mol. The topological polar surface area (TPSA) is 29.1 Å². The van der Waals surface area contributed by atoms with Gasteiger partial charge in [-0.3, -0.25) is 4.79 Å². The Morgan fingerprint density at radius 2 is 1.70 bits per heavy atom. The molecule has 0 spiro atoms. The zero-order chi connectivity index (χ0) is 15.3. The summed E-state index contributed by atoms with van der Waals surface area (Å²) in [4.78, 5) is 12.6. The highest BCUT2D eigenvalue weighted by molar-refractivity contribution is 5.79. The summed E-state index contributed by atoms with van der Waals surface area (Å²) in [6, 6.07) is 0. The molecule has 1 aliphatic carbocycles. The molecule has 2 nitrogen and oxygen atoms in total. The van der Waals surface area contributed by atoms with Gasteiger partial charge in [-0.1, -0.05) is 52.9 Å². The minimum Gasteiger partial charge on any atom is -0.351 e. The van der Waals surface area contributed by atoms with E-state index in [1.54, 1.807) is 0 Å². The molecule has 3 unspecified atom stereocenters. The molecule has 0 aromatic rings. The number of hydrogen-bond acceptors (Lipinski definition) is 1. The Morgan fingerprint density at radius 3 is 2.15 bits per heavy atom. The first-order chi connectivity index (χ1) is 9.24. The molecule has 3 atom stereocenters. The fourth-order valence-corrected chi connectivity index (χ4v) is 3.60. The van der Waals surface area contributed by atoms with Gasteiger partial charge in [-0.05, 0) is 44.9 Å². The van der Waals surface area contributed by atoms with Crippen molar-refractivity contribution in [3.63, 3.8) is 0 Å². The predicted octanol–water partition coefficient (Wildman–Crippen LogP) is 4.78. The van der Waals surface area contributed by atoms with Crippen molar-refractivity contribution < 1.29 is 4.79 Å². The standard InChI is InChI=1S/C18H35NO/c1-7-14-10-8-9-11-15(14)12-16(13(2)3)17(20)19-18(4,5)6/h13-16H,7-12H2,1-6H3,(H,19,20). The third kappa shape index (κ3) is 5.46. The largest absolute Gasteiger partial charge is 0.351 e. The molecule has 20 heavy (non-hydrogen) atoms. The van der Waals surface area contributed by atoms with Crippen molar-refractivity contribution in [3.05, 3.63) is 0 Å². The maximum absolute atomic E-state index is 12.6. The molecule has 0 aromatic heterocycles. The number of rotatable bonds is 5. The molecule has 1 saturated carbocycles. The summed E-state index contributed by atoms with van der Waals surface area (Å²) in [7, 11) is 0. The summed E-state index contributed by atoms with van der Waals surface area (Å²) >= 11 is 0. The third-order valence-corrected chi connectivity index (χ3v) is 4.79. The highest BCUT2D eigenvalue weighted by Crippen LogP contribution is 2.37. The van der Waals surface area contributed by atoms with Crippen LogP contribution in [0.3, 0.4) is 0 Å². The second-order valence-corrected chi connectivity index (χ2v) is 8.04. The first kappa shape index (κ1) is 17.5. The van der Waals surface area contributed by atoms with E-state index in [0.29, 0.717) is 5.92 Å². The fraction of sp³-hybridized carbons (Fsp3) is 0.944. The summed E-state index contributed by atoms with van der Waals surface area (Å²) in [5.74, 6) is 2.45. The van der Waals surface area contributed by atoms with E-state index in [0.717, 1.165) is 18.3 Å². The first-order valence-electron chi connectivity index (χ1n) is 8.56. The van der Waals surface area contributed by atoms with E-state index in [-0.39, 0.29) is 17.4 Å². The van der Waals surface area contributed by atoms with Gasteiger partial charge in [0.25, 0.3) is 0 Å². The van der Waals surface area contributed by atoms with E-state index in [1.807, 2.05) is 0 Å². The predicted molar refractivity (Wildman–Crippen MR) is 86.6 cm³/mol. The van der Waals surface area contributed by atoms with Crippen molar-refractivity contribution in [1.29, 1.82) is 0 Å². The number of carbonyl (C=O) groups is 1. The van der Waals surface area contributed by atoms with Gasteiger partial charge in [-0.15, -0.1) is 0 Å². The van der Waals surface area contributed by atoms with Gasteiger partial charge in [-0.25, -0.2) is 0 Å². The monoisotopic (exact) mass is 281 g/mol. The Hall–Kier alpha value is -0.530. The SMILES string of the molecule is CCC1CCCCC1CC(C(=O)NC(C)(C)C)C(C)C. The van der Waals surface area contributed by atoms with Crippen molar-refractivity contribution in [2.24, 2.45) is 23.7 Å². The lowest BCUT2D eigenvalue weighted by molar-refractivity contribution is -0.128. The highest BCUT2D eigenvalue weighted by atomic mass is 16.2. The Morgan fingerprint density at radius 1 is 1.15 bits per heavy atom. The van der Waals surface area contributed by atoms with Gasteiger partial charge in [0.15, 0.2) is 0 Å². The average Bonchev–Trinajstić information content (AvgIpc) is 2.33. The van der Waals surface area contributed by atoms with E-state index >= 15 is 0 Å².